The van der Waals surface area contributed by atoms with Gasteiger partial charge in [0.25, 0.3) is 0 Å². The van der Waals surface area contributed by atoms with E-state index in [4.69, 9.17) is 37.6 Å². The van der Waals surface area contributed by atoms with Crippen molar-refractivity contribution in [3.8, 4) is 17.2 Å². The third-order valence-corrected chi connectivity index (χ3v) is 8.29. The van der Waals surface area contributed by atoms with Crippen molar-refractivity contribution in [3.05, 3.63) is 89.7 Å². The topological polar surface area (TPSA) is 98.1 Å². The molecule has 0 bridgehead atoms. The number of methoxy groups -OCH3 is 2. The van der Waals surface area contributed by atoms with Gasteiger partial charge in [-0.3, -0.25) is 0 Å². The Morgan fingerprint density at radius 2 is 1.58 bits per heavy atom. The van der Waals surface area contributed by atoms with Gasteiger partial charge >= 0.3 is 6.09 Å². The second-order valence-corrected chi connectivity index (χ2v) is 13.3. The quantitative estimate of drug-likeness (QED) is 0.101. The second kappa shape index (κ2) is 18.1. The average Bonchev–Trinajstić information content (AvgIpc) is 3.55. The molecule has 1 aliphatic rings. The summed E-state index contributed by atoms with van der Waals surface area (Å²) in [6.07, 6.45) is 2.05. The van der Waals surface area contributed by atoms with Gasteiger partial charge in [-0.2, -0.15) is 0 Å². The summed E-state index contributed by atoms with van der Waals surface area (Å²) in [5, 5.41) is 0.936. The van der Waals surface area contributed by atoms with E-state index in [9.17, 15) is 4.79 Å². The molecule has 1 fully saturated rings. The van der Waals surface area contributed by atoms with E-state index in [1.807, 2.05) is 93.6 Å². The lowest BCUT2D eigenvalue weighted by molar-refractivity contribution is -0.0394. The zero-order chi connectivity index (χ0) is 35.3. The fraction of sp³-hybridized carbons (Fsp3) is 0.475. The normalized spacial score (nSPS) is 14.5. The molecule has 0 spiro atoms. The van der Waals surface area contributed by atoms with Crippen LogP contribution in [0, 0.1) is 0 Å². The third-order valence-electron chi connectivity index (χ3n) is 8.29. The highest BCUT2D eigenvalue weighted by Crippen LogP contribution is 2.37. The Labute approximate surface area is 295 Å². The lowest BCUT2D eigenvalue weighted by Gasteiger charge is -2.34. The van der Waals surface area contributed by atoms with Crippen LogP contribution in [0.2, 0.25) is 0 Å². The molecule has 0 N–H and O–H groups in total. The summed E-state index contributed by atoms with van der Waals surface area (Å²) in [7, 11) is 3.35. The van der Waals surface area contributed by atoms with Crippen molar-refractivity contribution in [2.45, 2.75) is 70.9 Å². The minimum atomic E-state index is -0.538. The van der Waals surface area contributed by atoms with Crippen molar-refractivity contribution < 1.29 is 42.4 Å². The standard InChI is InChI=1S/C40H51NO9/c1-40(2,3)50-39(42)41-21-19-33(20-22-41)48-37(36-27-30-12-8-14-35(38(30)49-36)47-26-9-23-43-4)29-15-17-32(18-16-29)46-25-10-24-45-28-31-11-6-7-13-34(31)44-5/h6-8,11-18,27,33,37H,9-10,19-26,28H2,1-5H3. The number of rotatable bonds is 17. The van der Waals surface area contributed by atoms with Gasteiger partial charge < -0.3 is 42.5 Å². The predicted molar refractivity (Wildman–Crippen MR) is 191 cm³/mol. The van der Waals surface area contributed by atoms with Crippen molar-refractivity contribution in [2.24, 2.45) is 0 Å². The largest absolute Gasteiger partial charge is 0.496 e. The number of hydrogen-bond acceptors (Lipinski definition) is 9. The van der Waals surface area contributed by atoms with Gasteiger partial charge in [0.2, 0.25) is 0 Å². The van der Waals surface area contributed by atoms with E-state index in [2.05, 4.69) is 0 Å². The molecule has 10 nitrogen and oxygen atoms in total. The summed E-state index contributed by atoms with van der Waals surface area (Å²) in [5.41, 5.74) is 2.10. The Morgan fingerprint density at radius 1 is 0.860 bits per heavy atom. The molecule has 4 aromatic rings. The number of hydrogen-bond donors (Lipinski definition) is 0. The highest BCUT2D eigenvalue weighted by molar-refractivity contribution is 5.84. The number of carbonyl (C=O) groups excluding carboxylic acids is 1. The SMILES string of the molecule is COCCCOc1cccc2cc(C(OC3CCN(C(=O)OC(C)(C)C)CC3)c3ccc(OCCCOCc4ccccc4OC)cc3)oc12. The van der Waals surface area contributed by atoms with Crippen molar-refractivity contribution in [3.63, 3.8) is 0 Å². The average molecular weight is 690 g/mol. The maximum Gasteiger partial charge on any atom is 0.410 e. The Bertz CT molecular complexity index is 1620. The van der Waals surface area contributed by atoms with Crippen LogP contribution in [0.15, 0.2) is 77.2 Å². The molecule has 2 heterocycles. The number of para-hydroxylation sites is 2. The van der Waals surface area contributed by atoms with Crippen LogP contribution >= 0.6 is 0 Å². The molecular formula is C40H51NO9. The Balaban J connectivity index is 1.23. The summed E-state index contributed by atoms with van der Waals surface area (Å²) in [5.74, 6) is 2.96. The van der Waals surface area contributed by atoms with Gasteiger partial charge in [-0.25, -0.2) is 4.79 Å². The molecule has 0 radical (unpaired) electrons. The lowest BCUT2D eigenvalue weighted by Crippen LogP contribution is -2.43. The van der Waals surface area contributed by atoms with Gasteiger partial charge in [0.1, 0.15) is 29.0 Å². The monoisotopic (exact) mass is 689 g/mol. The number of amides is 1. The van der Waals surface area contributed by atoms with Crippen LogP contribution in [0.25, 0.3) is 11.0 Å². The van der Waals surface area contributed by atoms with Crippen LogP contribution in [-0.4, -0.2) is 76.4 Å². The highest BCUT2D eigenvalue weighted by Gasteiger charge is 2.31. The Morgan fingerprint density at radius 3 is 2.32 bits per heavy atom. The first-order valence-electron chi connectivity index (χ1n) is 17.4. The molecule has 1 aliphatic heterocycles. The molecular weight excluding hydrogens is 638 g/mol. The third kappa shape index (κ3) is 10.6. The second-order valence-electron chi connectivity index (χ2n) is 13.3. The molecule has 3 aromatic carbocycles. The predicted octanol–water partition coefficient (Wildman–Crippen LogP) is 8.35. The van der Waals surface area contributed by atoms with Crippen LogP contribution in [0.3, 0.4) is 0 Å². The van der Waals surface area contributed by atoms with E-state index < -0.39 is 11.7 Å². The van der Waals surface area contributed by atoms with Crippen LogP contribution in [0.5, 0.6) is 17.2 Å². The molecule has 0 aliphatic carbocycles. The van der Waals surface area contributed by atoms with E-state index in [-0.39, 0.29) is 12.2 Å². The van der Waals surface area contributed by atoms with E-state index in [1.165, 1.54) is 0 Å². The summed E-state index contributed by atoms with van der Waals surface area (Å²) in [6, 6.07) is 23.7. The van der Waals surface area contributed by atoms with Gasteiger partial charge in [0.15, 0.2) is 11.3 Å². The van der Waals surface area contributed by atoms with Crippen LogP contribution in [0.4, 0.5) is 4.79 Å². The number of carbonyl (C=O) groups is 1. The first-order valence-corrected chi connectivity index (χ1v) is 17.4. The first-order chi connectivity index (χ1) is 24.2. The number of ether oxygens (including phenoxy) is 7. The smallest absolute Gasteiger partial charge is 0.410 e. The molecule has 10 heteroatoms. The summed E-state index contributed by atoms with van der Waals surface area (Å²) >= 11 is 0. The maximum absolute atomic E-state index is 12.7. The number of furan rings is 1. The Kier molecular flexibility index (Phi) is 13.4. The zero-order valence-electron chi connectivity index (χ0n) is 30.0. The molecule has 270 valence electrons. The lowest BCUT2D eigenvalue weighted by atomic mass is 10.0. The van der Waals surface area contributed by atoms with Gasteiger partial charge in [-0.15, -0.1) is 0 Å². The summed E-state index contributed by atoms with van der Waals surface area (Å²) < 4.78 is 47.4. The van der Waals surface area contributed by atoms with Gasteiger partial charge in [-0.1, -0.05) is 42.5 Å². The molecule has 1 atom stereocenters. The first kappa shape index (κ1) is 37.0. The molecule has 1 unspecified atom stereocenters. The minimum absolute atomic E-state index is 0.0801. The molecule has 0 saturated carbocycles. The van der Waals surface area contributed by atoms with Crippen molar-refractivity contribution in [1.82, 2.24) is 4.90 Å². The van der Waals surface area contributed by atoms with Crippen LogP contribution in [0.1, 0.15) is 69.4 Å². The van der Waals surface area contributed by atoms with Gasteiger partial charge in [-0.05, 0) is 69.5 Å². The van der Waals surface area contributed by atoms with Crippen LogP contribution in [-0.2, 0) is 25.6 Å². The van der Waals surface area contributed by atoms with E-state index >= 15 is 0 Å². The van der Waals surface area contributed by atoms with E-state index in [0.717, 1.165) is 40.9 Å². The maximum atomic E-state index is 12.7. The number of likely N-dealkylation sites (tertiary alicyclic amines) is 1. The van der Waals surface area contributed by atoms with E-state index in [0.29, 0.717) is 76.1 Å². The highest BCUT2D eigenvalue weighted by atomic mass is 16.6. The molecule has 1 amide bonds. The molecule has 5 rings (SSSR count). The number of piperidine rings is 1. The van der Waals surface area contributed by atoms with Crippen molar-refractivity contribution >= 4 is 17.1 Å². The fourth-order valence-corrected chi connectivity index (χ4v) is 5.78. The number of nitrogens with zero attached hydrogens (tertiary/aromatic N) is 1. The van der Waals surface area contributed by atoms with Crippen LogP contribution < -0.4 is 14.2 Å². The van der Waals surface area contributed by atoms with Gasteiger partial charge in [0, 0.05) is 50.6 Å². The zero-order valence-corrected chi connectivity index (χ0v) is 30.0. The van der Waals surface area contributed by atoms with Crippen molar-refractivity contribution in [2.75, 3.05) is 53.7 Å². The summed E-state index contributed by atoms with van der Waals surface area (Å²) in [6.45, 7) is 9.49. The Hall–Kier alpha value is -4.25. The molecule has 1 saturated heterocycles. The van der Waals surface area contributed by atoms with Crippen molar-refractivity contribution in [1.29, 1.82) is 0 Å². The number of benzene rings is 3. The fourth-order valence-electron chi connectivity index (χ4n) is 5.78. The van der Waals surface area contributed by atoms with Gasteiger partial charge in [0.05, 0.1) is 39.6 Å². The van der Waals surface area contributed by atoms with E-state index in [1.54, 1.807) is 19.1 Å². The minimum Gasteiger partial charge on any atom is -0.496 e. The molecule has 1 aromatic heterocycles. The molecule has 50 heavy (non-hydrogen) atoms. The summed E-state index contributed by atoms with van der Waals surface area (Å²) in [4.78, 5) is 14.4. The number of fused-ring (bicyclic) bond motifs is 1.